The minimum absolute atomic E-state index is 0.0573. The van der Waals surface area contributed by atoms with E-state index in [1.165, 1.54) is 19.4 Å². The van der Waals surface area contributed by atoms with Gasteiger partial charge in [-0.3, -0.25) is 14.5 Å². The minimum Gasteiger partial charge on any atom is -0.479 e. The fourth-order valence-electron chi connectivity index (χ4n) is 1.06. The van der Waals surface area contributed by atoms with Gasteiger partial charge < -0.3 is 9.15 Å². The summed E-state index contributed by atoms with van der Waals surface area (Å²) >= 11 is 5.96. The number of thiocarbonyl (C=S) groups is 1. The average Bonchev–Trinajstić information content (AvgIpc) is 2.88. The van der Waals surface area contributed by atoms with Gasteiger partial charge >= 0.3 is 0 Å². The topological polar surface area (TPSA) is 59.8 Å². The summed E-state index contributed by atoms with van der Waals surface area (Å²) < 4.78 is 10.3. The molecule has 0 fully saturated rings. The van der Waals surface area contributed by atoms with Gasteiger partial charge in [-0.2, -0.15) is 0 Å². The zero-order valence-electron chi connectivity index (χ0n) is 10.0. The first kappa shape index (κ1) is 14.7. The van der Waals surface area contributed by atoms with Crippen molar-refractivity contribution in [2.24, 2.45) is 0 Å². The molecule has 0 saturated carbocycles. The number of thioether (sulfide) groups is 1. The summed E-state index contributed by atoms with van der Waals surface area (Å²) in [5, 5.41) is 0. The zero-order chi connectivity index (χ0) is 13.5. The molecule has 1 rings (SSSR count). The van der Waals surface area contributed by atoms with E-state index < -0.39 is 5.91 Å². The maximum Gasteiger partial charge on any atom is 0.295 e. The molecule has 18 heavy (non-hydrogen) atoms. The fourth-order valence-corrected chi connectivity index (χ4v) is 1.99. The molecule has 0 bridgehead atoms. The predicted octanol–water partition coefficient (Wildman–Crippen LogP) is 1.93. The van der Waals surface area contributed by atoms with Crippen LogP contribution in [0.4, 0.5) is 0 Å². The fraction of sp³-hybridized carbons (Fsp3) is 0.364. The molecule has 98 valence electrons. The second-order valence-electron chi connectivity index (χ2n) is 3.21. The second kappa shape index (κ2) is 7.17. The lowest BCUT2D eigenvalue weighted by Crippen LogP contribution is -2.34. The highest BCUT2D eigenvalue weighted by atomic mass is 32.2. The lowest BCUT2D eigenvalue weighted by Gasteiger charge is -2.13. The van der Waals surface area contributed by atoms with Gasteiger partial charge in [-0.1, -0.05) is 11.8 Å². The third-order valence-corrected chi connectivity index (χ3v) is 3.20. The van der Waals surface area contributed by atoms with Crippen molar-refractivity contribution in [2.45, 2.75) is 6.92 Å². The number of hydrogen-bond donors (Lipinski definition) is 0. The Morgan fingerprint density at radius 3 is 2.83 bits per heavy atom. The SMILES string of the molecule is CCOC(=S)SCC(=O)N(C)C(=O)c1ccco1. The lowest BCUT2D eigenvalue weighted by molar-refractivity contribution is -0.124. The molecule has 0 atom stereocenters. The van der Waals surface area contributed by atoms with Gasteiger partial charge in [0, 0.05) is 7.05 Å². The molecule has 2 amide bonds. The van der Waals surface area contributed by atoms with Crippen LogP contribution in [-0.2, 0) is 9.53 Å². The Kier molecular flexibility index (Phi) is 5.87. The Morgan fingerprint density at radius 1 is 1.56 bits per heavy atom. The summed E-state index contributed by atoms with van der Waals surface area (Å²) in [6.45, 7) is 2.27. The molecular weight excluding hydrogens is 274 g/mol. The van der Waals surface area contributed by atoms with E-state index in [0.29, 0.717) is 11.0 Å². The molecule has 0 unspecified atom stereocenters. The van der Waals surface area contributed by atoms with Crippen LogP contribution in [-0.4, -0.2) is 40.5 Å². The van der Waals surface area contributed by atoms with Gasteiger partial charge in [-0.15, -0.1) is 0 Å². The molecular formula is C11H13NO4S2. The Bertz CT molecular complexity index is 430. The summed E-state index contributed by atoms with van der Waals surface area (Å²) in [5.41, 5.74) is 0. The molecule has 0 radical (unpaired) electrons. The first-order valence-electron chi connectivity index (χ1n) is 5.20. The summed E-state index contributed by atoms with van der Waals surface area (Å²) in [6, 6.07) is 3.09. The highest BCUT2D eigenvalue weighted by Crippen LogP contribution is 2.09. The Balaban J connectivity index is 2.47. The zero-order valence-corrected chi connectivity index (χ0v) is 11.7. The number of hydrogen-bond acceptors (Lipinski definition) is 6. The molecule has 0 aliphatic rings. The Labute approximate surface area is 114 Å². The van der Waals surface area contributed by atoms with Gasteiger partial charge in [0.2, 0.25) is 10.3 Å². The van der Waals surface area contributed by atoms with Crippen molar-refractivity contribution in [3.05, 3.63) is 24.2 Å². The van der Waals surface area contributed by atoms with Crippen molar-refractivity contribution in [2.75, 3.05) is 19.4 Å². The van der Waals surface area contributed by atoms with Crippen LogP contribution in [0, 0.1) is 0 Å². The Hall–Kier alpha value is -1.34. The number of rotatable bonds is 4. The normalized spacial score (nSPS) is 9.89. The number of furan rings is 1. The molecule has 0 saturated heterocycles. The van der Waals surface area contributed by atoms with Crippen LogP contribution in [0.25, 0.3) is 0 Å². The van der Waals surface area contributed by atoms with Crippen molar-refractivity contribution in [3.8, 4) is 0 Å². The molecule has 0 aliphatic carbocycles. The van der Waals surface area contributed by atoms with Crippen molar-refractivity contribution in [3.63, 3.8) is 0 Å². The summed E-state index contributed by atoms with van der Waals surface area (Å²) in [5.74, 6) is -0.651. The highest BCUT2D eigenvalue weighted by Gasteiger charge is 2.21. The summed E-state index contributed by atoms with van der Waals surface area (Å²) in [6.07, 6.45) is 1.38. The Morgan fingerprint density at radius 2 is 2.28 bits per heavy atom. The third kappa shape index (κ3) is 4.15. The van der Waals surface area contributed by atoms with E-state index in [1.807, 2.05) is 0 Å². The van der Waals surface area contributed by atoms with Gasteiger partial charge in [0.1, 0.15) is 0 Å². The summed E-state index contributed by atoms with van der Waals surface area (Å²) in [7, 11) is 1.40. The van der Waals surface area contributed by atoms with Gasteiger partial charge in [0.05, 0.1) is 18.6 Å². The standard InChI is InChI=1S/C11H13NO4S2/c1-3-15-11(17)18-7-9(13)12(2)10(14)8-5-4-6-16-8/h4-6H,3,7H2,1-2H3. The molecule has 0 N–H and O–H groups in total. The highest BCUT2D eigenvalue weighted by molar-refractivity contribution is 8.23. The van der Waals surface area contributed by atoms with Crippen LogP contribution >= 0.6 is 24.0 Å². The maximum absolute atomic E-state index is 11.8. The van der Waals surface area contributed by atoms with E-state index in [-0.39, 0.29) is 17.4 Å². The number of imide groups is 1. The first-order chi connectivity index (χ1) is 8.56. The van der Waals surface area contributed by atoms with Crippen molar-refractivity contribution < 1.29 is 18.7 Å². The molecule has 7 heteroatoms. The summed E-state index contributed by atoms with van der Waals surface area (Å²) in [4.78, 5) is 24.5. The van der Waals surface area contributed by atoms with Crippen molar-refractivity contribution in [1.82, 2.24) is 4.90 Å². The van der Waals surface area contributed by atoms with Crippen molar-refractivity contribution >= 4 is 40.2 Å². The molecule has 0 aromatic carbocycles. The number of carbonyl (C=O) groups excluding carboxylic acids is 2. The quantitative estimate of drug-likeness (QED) is 0.789. The van der Waals surface area contributed by atoms with Gasteiger partial charge in [0.25, 0.3) is 5.91 Å². The number of ether oxygens (including phenoxy) is 1. The number of nitrogens with zero attached hydrogens (tertiary/aromatic N) is 1. The molecule has 0 aliphatic heterocycles. The molecule has 5 nitrogen and oxygen atoms in total. The van der Waals surface area contributed by atoms with E-state index >= 15 is 0 Å². The average molecular weight is 287 g/mol. The van der Waals surface area contributed by atoms with Crippen molar-refractivity contribution in [1.29, 1.82) is 0 Å². The maximum atomic E-state index is 11.8. The van der Waals surface area contributed by atoms with Crippen LogP contribution in [0.5, 0.6) is 0 Å². The number of carbonyl (C=O) groups is 2. The van der Waals surface area contributed by atoms with Crippen LogP contribution in [0.2, 0.25) is 0 Å². The molecule has 0 spiro atoms. The van der Waals surface area contributed by atoms with E-state index in [0.717, 1.165) is 16.7 Å². The van der Waals surface area contributed by atoms with E-state index in [2.05, 4.69) is 0 Å². The largest absolute Gasteiger partial charge is 0.479 e. The van der Waals surface area contributed by atoms with Crippen LogP contribution in [0.1, 0.15) is 17.5 Å². The molecule has 1 aromatic heterocycles. The van der Waals surface area contributed by atoms with Crippen LogP contribution in [0.15, 0.2) is 22.8 Å². The smallest absolute Gasteiger partial charge is 0.295 e. The monoisotopic (exact) mass is 287 g/mol. The number of amides is 2. The van der Waals surface area contributed by atoms with E-state index in [1.54, 1.807) is 13.0 Å². The molecule has 1 heterocycles. The second-order valence-corrected chi connectivity index (χ2v) is 4.78. The third-order valence-electron chi connectivity index (χ3n) is 1.99. The van der Waals surface area contributed by atoms with Gasteiger partial charge in [0.15, 0.2) is 5.76 Å². The first-order valence-corrected chi connectivity index (χ1v) is 6.59. The van der Waals surface area contributed by atoms with E-state index in [4.69, 9.17) is 21.4 Å². The lowest BCUT2D eigenvalue weighted by atomic mass is 10.4. The van der Waals surface area contributed by atoms with E-state index in [9.17, 15) is 9.59 Å². The van der Waals surface area contributed by atoms with Gasteiger partial charge in [-0.05, 0) is 31.3 Å². The van der Waals surface area contributed by atoms with Gasteiger partial charge in [-0.25, -0.2) is 0 Å². The minimum atomic E-state index is -0.479. The predicted molar refractivity (Wildman–Crippen MR) is 72.5 cm³/mol. The molecule has 1 aromatic rings. The van der Waals surface area contributed by atoms with Crippen LogP contribution in [0.3, 0.4) is 0 Å². The van der Waals surface area contributed by atoms with Crippen LogP contribution < -0.4 is 0 Å².